The second-order valence-electron chi connectivity index (χ2n) is 15.7. The van der Waals surface area contributed by atoms with E-state index in [-0.39, 0.29) is 75.7 Å². The van der Waals surface area contributed by atoms with Gasteiger partial charge in [0.1, 0.15) is 10.1 Å². The summed E-state index contributed by atoms with van der Waals surface area (Å²) in [5.74, 6) is -1.55. The number of allylic oxidation sites excluding steroid dienone is 4. The van der Waals surface area contributed by atoms with Gasteiger partial charge in [0.25, 0.3) is 0 Å². The summed E-state index contributed by atoms with van der Waals surface area (Å²) in [5, 5.41) is 0. The first-order chi connectivity index (χ1) is 27.3. The Bertz CT molecular complexity index is 1280. The smallest absolute Gasteiger partial charge is 0.744 e. The Hall–Kier alpha value is -0.814. The number of esters is 2. The molecule has 9 heteroatoms. The summed E-state index contributed by atoms with van der Waals surface area (Å²) in [6.45, 7) is 4.87. The third kappa shape index (κ3) is 33.6. The molecule has 0 heterocycles. The van der Waals surface area contributed by atoms with Gasteiger partial charge in [-0.05, 0) is 82.4 Å². The fourth-order valence-electron chi connectivity index (χ4n) is 6.92. The monoisotopic (exact) mass is 841 g/mol. The van der Waals surface area contributed by atoms with Crippen molar-refractivity contribution >= 4 is 22.1 Å². The van der Waals surface area contributed by atoms with Crippen LogP contribution in [0.4, 0.5) is 0 Å². The van der Waals surface area contributed by atoms with E-state index in [0.29, 0.717) is 12.8 Å². The number of carbonyl (C=O) groups excluding carboxylic acids is 2. The molecule has 1 aromatic rings. The van der Waals surface area contributed by atoms with Crippen molar-refractivity contribution < 1.29 is 83.4 Å². The molecule has 0 fully saturated rings. The molecule has 0 spiro atoms. The Morgan fingerprint density at radius 2 is 0.772 bits per heavy atom. The van der Waals surface area contributed by atoms with Crippen LogP contribution in [0.15, 0.2) is 47.4 Å². The van der Waals surface area contributed by atoms with Crippen LogP contribution in [0.2, 0.25) is 0 Å². The fraction of sp³-hybridized carbons (Fsp3) is 0.750. The largest absolute Gasteiger partial charge is 1.00 e. The molecule has 0 amide bonds. The zero-order valence-electron chi connectivity index (χ0n) is 36.8. The van der Waals surface area contributed by atoms with E-state index in [9.17, 15) is 22.6 Å². The van der Waals surface area contributed by atoms with Crippen LogP contribution >= 0.6 is 0 Å². The average molecular weight is 841 g/mol. The van der Waals surface area contributed by atoms with Gasteiger partial charge in [-0.3, -0.25) is 0 Å². The van der Waals surface area contributed by atoms with Crippen LogP contribution in [0.25, 0.3) is 0 Å². The van der Waals surface area contributed by atoms with Crippen LogP contribution in [0.1, 0.15) is 240 Å². The maximum absolute atomic E-state index is 12.9. The Morgan fingerprint density at radius 3 is 1.11 bits per heavy atom. The van der Waals surface area contributed by atoms with Gasteiger partial charge in [0, 0.05) is 0 Å². The van der Waals surface area contributed by atoms with Gasteiger partial charge in [-0.25, -0.2) is 18.0 Å². The third-order valence-electron chi connectivity index (χ3n) is 10.5. The molecule has 0 aliphatic heterocycles. The van der Waals surface area contributed by atoms with E-state index in [1.54, 1.807) is 0 Å². The van der Waals surface area contributed by atoms with Crippen LogP contribution in [-0.4, -0.2) is 38.1 Å². The minimum atomic E-state index is -4.82. The number of rotatable bonds is 39. The molecule has 7 nitrogen and oxygen atoms in total. The summed E-state index contributed by atoms with van der Waals surface area (Å²) >= 11 is 0. The van der Waals surface area contributed by atoms with Gasteiger partial charge >= 0.3 is 63.3 Å². The molecule has 57 heavy (non-hydrogen) atoms. The number of carbonyl (C=O) groups is 2. The van der Waals surface area contributed by atoms with Crippen molar-refractivity contribution in [3.05, 3.63) is 53.6 Å². The summed E-state index contributed by atoms with van der Waals surface area (Å²) in [4.78, 5) is 25.3. The van der Waals surface area contributed by atoms with Gasteiger partial charge < -0.3 is 14.0 Å². The van der Waals surface area contributed by atoms with E-state index in [1.807, 2.05) is 0 Å². The fourth-order valence-corrected chi connectivity index (χ4v) is 7.41. The first-order valence-corrected chi connectivity index (χ1v) is 24.5. The quantitative estimate of drug-likeness (QED) is 0.0213. The summed E-state index contributed by atoms with van der Waals surface area (Å²) in [7, 11) is -4.82. The second kappa shape index (κ2) is 40.6. The molecular formula is C48H81KO7S. The Morgan fingerprint density at radius 1 is 0.474 bits per heavy atom. The van der Waals surface area contributed by atoms with Crippen LogP contribution < -0.4 is 51.4 Å². The zero-order valence-corrected chi connectivity index (χ0v) is 40.8. The second-order valence-corrected chi connectivity index (χ2v) is 17.1. The molecule has 0 saturated heterocycles. The topological polar surface area (TPSA) is 110 Å². The van der Waals surface area contributed by atoms with Crippen LogP contribution in [0.3, 0.4) is 0 Å². The maximum Gasteiger partial charge on any atom is 1.00 e. The molecule has 0 radical (unpaired) electrons. The number of hydrogen-bond donors (Lipinski definition) is 0. The van der Waals surface area contributed by atoms with Gasteiger partial charge in [0.05, 0.1) is 29.2 Å². The van der Waals surface area contributed by atoms with Crippen molar-refractivity contribution in [3.8, 4) is 0 Å². The summed E-state index contributed by atoms with van der Waals surface area (Å²) in [6.07, 6.45) is 47.8. The van der Waals surface area contributed by atoms with Gasteiger partial charge in [-0.15, -0.1) is 0 Å². The average Bonchev–Trinajstić information content (AvgIpc) is 3.18. The molecule has 1 rings (SSSR count). The minimum absolute atomic E-state index is 0. The number of unbranched alkanes of at least 4 members (excludes halogenated alkanes) is 28. The predicted octanol–water partition coefficient (Wildman–Crippen LogP) is 11.5. The van der Waals surface area contributed by atoms with E-state index in [1.165, 1.54) is 160 Å². The van der Waals surface area contributed by atoms with E-state index >= 15 is 0 Å². The van der Waals surface area contributed by atoms with Crippen molar-refractivity contribution in [3.63, 3.8) is 0 Å². The molecule has 1 aromatic carbocycles. The molecule has 0 bridgehead atoms. The molecule has 0 aromatic heterocycles. The summed E-state index contributed by atoms with van der Waals surface area (Å²) in [6, 6.07) is 3.14. The van der Waals surface area contributed by atoms with Crippen molar-refractivity contribution in [1.82, 2.24) is 0 Å². The maximum atomic E-state index is 12.9. The molecule has 0 unspecified atom stereocenters. The first-order valence-electron chi connectivity index (χ1n) is 23.0. The molecule has 0 N–H and O–H groups in total. The van der Waals surface area contributed by atoms with Crippen molar-refractivity contribution in [2.75, 3.05) is 13.2 Å². The van der Waals surface area contributed by atoms with E-state index in [2.05, 4.69) is 38.2 Å². The number of hydrogen-bond acceptors (Lipinski definition) is 7. The summed E-state index contributed by atoms with van der Waals surface area (Å²) in [5.41, 5.74) is -0.340. The van der Waals surface area contributed by atoms with Crippen molar-refractivity contribution in [2.24, 2.45) is 0 Å². The summed E-state index contributed by atoms with van der Waals surface area (Å²) < 4.78 is 45.8. The first kappa shape index (κ1) is 56.2. The SMILES string of the molecule is CCCCCCC/C=C/CCCCCCCCCCCOC(=O)c1ccc(S(=O)(=O)[O-])cc1C(=O)OCCCCCCCCCCC/C=C/CCCCCCC.[K+]. The van der Waals surface area contributed by atoms with E-state index in [0.717, 1.165) is 50.7 Å². The number of benzene rings is 1. The molecule has 0 atom stereocenters. The zero-order chi connectivity index (χ0) is 40.8. The van der Waals surface area contributed by atoms with Crippen LogP contribution in [0, 0.1) is 0 Å². The van der Waals surface area contributed by atoms with Gasteiger partial charge in [-0.2, -0.15) is 0 Å². The molecule has 0 aliphatic rings. The van der Waals surface area contributed by atoms with Gasteiger partial charge in [-0.1, -0.05) is 179 Å². The Kier molecular flexibility index (Phi) is 40.0. The molecule has 322 valence electrons. The van der Waals surface area contributed by atoms with E-state index in [4.69, 9.17) is 9.47 Å². The van der Waals surface area contributed by atoms with Crippen LogP contribution in [-0.2, 0) is 19.6 Å². The van der Waals surface area contributed by atoms with E-state index < -0.39 is 27.0 Å². The van der Waals surface area contributed by atoms with Gasteiger partial charge in [0.15, 0.2) is 0 Å². The Labute approximate surface area is 392 Å². The van der Waals surface area contributed by atoms with Gasteiger partial charge in [0.2, 0.25) is 0 Å². The molecule has 0 aliphatic carbocycles. The van der Waals surface area contributed by atoms with Crippen LogP contribution in [0.5, 0.6) is 0 Å². The third-order valence-corrected chi connectivity index (χ3v) is 11.3. The molecular weight excluding hydrogens is 760 g/mol. The standard InChI is InChI=1S/C48H82O7S.K/c1-3-5-7-9-11-13-15-17-19-21-23-25-27-29-31-33-35-37-41-54-47(49)45-40-39-44(56(51,52)53)43-46(45)48(50)55-42-38-36-34-32-30-28-26-24-22-20-18-16-14-12-10-8-6-4-2;/h15-18,39-40,43H,3-14,19-38,41-42H2,1-2H3,(H,51,52,53);/q;+1/p-1/b17-15+,18-16+;. The normalized spacial score (nSPS) is 11.7. The number of ether oxygens (including phenoxy) is 2. The Balaban J connectivity index is 0.0000314. The predicted molar refractivity (Wildman–Crippen MR) is 232 cm³/mol. The van der Waals surface area contributed by atoms with Crippen molar-refractivity contribution in [1.29, 1.82) is 0 Å². The molecule has 0 saturated carbocycles. The minimum Gasteiger partial charge on any atom is -0.744 e. The van der Waals surface area contributed by atoms with Crippen molar-refractivity contribution in [2.45, 2.75) is 224 Å².